The Hall–Kier alpha value is -7.02. The molecule has 10 aromatic rings. The second kappa shape index (κ2) is 13.5. The lowest BCUT2D eigenvalue weighted by Crippen LogP contribution is -1.91. The lowest BCUT2D eigenvalue weighted by molar-refractivity contribution is 1.57. The lowest BCUT2D eigenvalue weighted by Gasteiger charge is -2.19. The minimum Gasteiger partial charge on any atom is -0.0622 e. The third-order valence-corrected chi connectivity index (χ3v) is 10.8. The molecule has 0 spiro atoms. The average molecular weight is 685 g/mol. The Balaban J connectivity index is 1.17. The van der Waals surface area contributed by atoms with Gasteiger partial charge in [0.2, 0.25) is 0 Å². The largest absolute Gasteiger partial charge is 0.0622 e. The van der Waals surface area contributed by atoms with Gasteiger partial charge in [-0.2, -0.15) is 0 Å². The van der Waals surface area contributed by atoms with E-state index in [4.69, 9.17) is 0 Å². The first-order valence-electron chi connectivity index (χ1n) is 18.7. The molecule has 10 rings (SSSR count). The predicted octanol–water partition coefficient (Wildman–Crippen LogP) is 15.1. The zero-order valence-electron chi connectivity index (χ0n) is 29.8. The van der Waals surface area contributed by atoms with Crippen molar-refractivity contribution in [1.29, 1.82) is 0 Å². The molecule has 0 bridgehead atoms. The molecule has 0 amide bonds. The van der Waals surface area contributed by atoms with Gasteiger partial charge in [-0.25, -0.2) is 0 Å². The van der Waals surface area contributed by atoms with Crippen molar-refractivity contribution in [1.82, 2.24) is 0 Å². The van der Waals surface area contributed by atoms with Crippen molar-refractivity contribution >= 4 is 32.3 Å². The van der Waals surface area contributed by atoms with Crippen molar-refractivity contribution in [2.24, 2.45) is 0 Å². The van der Waals surface area contributed by atoms with Crippen LogP contribution in [0.1, 0.15) is 0 Å². The molecule has 0 fully saturated rings. The average Bonchev–Trinajstić information content (AvgIpc) is 3.27. The summed E-state index contributed by atoms with van der Waals surface area (Å²) in [7, 11) is 0. The van der Waals surface area contributed by atoms with E-state index in [2.05, 4.69) is 218 Å². The van der Waals surface area contributed by atoms with Crippen LogP contribution >= 0.6 is 0 Å². The van der Waals surface area contributed by atoms with E-state index in [-0.39, 0.29) is 0 Å². The second-order valence-electron chi connectivity index (χ2n) is 14.1. The van der Waals surface area contributed by atoms with Gasteiger partial charge in [-0.15, -0.1) is 0 Å². The van der Waals surface area contributed by atoms with Gasteiger partial charge in [0, 0.05) is 0 Å². The number of hydrogen-bond donors (Lipinski definition) is 0. The summed E-state index contributed by atoms with van der Waals surface area (Å²) in [6.07, 6.45) is 0. The maximum atomic E-state index is 2.36. The van der Waals surface area contributed by atoms with Crippen molar-refractivity contribution in [3.05, 3.63) is 218 Å². The molecular weight excluding hydrogens is 649 g/mol. The summed E-state index contributed by atoms with van der Waals surface area (Å²) in [5.41, 5.74) is 14.6. The van der Waals surface area contributed by atoms with E-state index < -0.39 is 0 Å². The predicted molar refractivity (Wildman–Crippen MR) is 232 cm³/mol. The zero-order chi connectivity index (χ0) is 35.8. The fraction of sp³-hybridized carbons (Fsp3) is 0. The monoisotopic (exact) mass is 684 g/mol. The van der Waals surface area contributed by atoms with Gasteiger partial charge < -0.3 is 0 Å². The molecule has 10 aromatic carbocycles. The summed E-state index contributed by atoms with van der Waals surface area (Å²) in [6, 6.07) is 79.7. The molecule has 0 N–H and O–H groups in total. The molecule has 0 unspecified atom stereocenters. The normalized spacial score (nSPS) is 11.3. The SMILES string of the molecule is c1ccc(-c2cccc(-c3cccc(-c4ccc(-c5cccc(-c6cccc(-c7ccccc7)c6)c5)c5c6ccccc6c6ccccc6c45)c3)c2)cc1. The highest BCUT2D eigenvalue weighted by molar-refractivity contribution is 6.31. The van der Waals surface area contributed by atoms with E-state index in [1.807, 2.05) is 0 Å². The molecule has 0 aliphatic heterocycles. The van der Waals surface area contributed by atoms with Crippen LogP contribution in [0.5, 0.6) is 0 Å². The Morgan fingerprint density at radius 1 is 0.167 bits per heavy atom. The van der Waals surface area contributed by atoms with Crippen LogP contribution in [-0.2, 0) is 0 Å². The van der Waals surface area contributed by atoms with Gasteiger partial charge in [-0.05, 0) is 123 Å². The number of benzene rings is 10. The summed E-state index contributed by atoms with van der Waals surface area (Å²) < 4.78 is 0. The van der Waals surface area contributed by atoms with Crippen molar-refractivity contribution in [2.75, 3.05) is 0 Å². The smallest absolute Gasteiger partial charge is 0.00141 e. The Morgan fingerprint density at radius 3 is 0.796 bits per heavy atom. The lowest BCUT2D eigenvalue weighted by atomic mass is 9.84. The Bertz CT molecular complexity index is 2770. The van der Waals surface area contributed by atoms with E-state index in [1.54, 1.807) is 0 Å². The highest BCUT2D eigenvalue weighted by Crippen LogP contribution is 2.45. The molecule has 0 radical (unpaired) electrons. The molecule has 252 valence electrons. The van der Waals surface area contributed by atoms with E-state index in [9.17, 15) is 0 Å². The first kappa shape index (κ1) is 31.7. The van der Waals surface area contributed by atoms with Gasteiger partial charge in [0.1, 0.15) is 0 Å². The van der Waals surface area contributed by atoms with Crippen LogP contribution in [0.2, 0.25) is 0 Å². The van der Waals surface area contributed by atoms with E-state index in [0.29, 0.717) is 0 Å². The molecule has 0 aromatic heterocycles. The molecule has 0 heterocycles. The Morgan fingerprint density at radius 2 is 0.426 bits per heavy atom. The Labute approximate surface area is 316 Å². The van der Waals surface area contributed by atoms with Crippen LogP contribution in [0.25, 0.3) is 99.1 Å². The highest BCUT2D eigenvalue weighted by Gasteiger charge is 2.18. The van der Waals surface area contributed by atoms with E-state index in [1.165, 1.54) is 99.1 Å². The first-order chi connectivity index (χ1) is 26.8. The molecule has 0 aliphatic rings. The number of hydrogen-bond acceptors (Lipinski definition) is 0. The molecule has 0 heteroatoms. The maximum Gasteiger partial charge on any atom is -0.00141 e. The van der Waals surface area contributed by atoms with Gasteiger partial charge in [0.15, 0.2) is 0 Å². The van der Waals surface area contributed by atoms with Crippen molar-refractivity contribution in [3.63, 3.8) is 0 Å². The number of rotatable bonds is 6. The van der Waals surface area contributed by atoms with Gasteiger partial charge in [0.25, 0.3) is 0 Å². The van der Waals surface area contributed by atoms with Crippen molar-refractivity contribution in [2.45, 2.75) is 0 Å². The fourth-order valence-corrected chi connectivity index (χ4v) is 8.27. The third-order valence-electron chi connectivity index (χ3n) is 10.8. The van der Waals surface area contributed by atoms with Crippen LogP contribution in [0.4, 0.5) is 0 Å². The summed E-state index contributed by atoms with van der Waals surface area (Å²) in [5.74, 6) is 0. The third kappa shape index (κ3) is 5.66. The van der Waals surface area contributed by atoms with Crippen molar-refractivity contribution < 1.29 is 0 Å². The zero-order valence-corrected chi connectivity index (χ0v) is 29.8. The minimum atomic E-state index is 1.21. The molecule has 0 aliphatic carbocycles. The van der Waals surface area contributed by atoms with Gasteiger partial charge >= 0.3 is 0 Å². The number of fused-ring (bicyclic) bond motifs is 6. The quantitative estimate of drug-likeness (QED) is 0.153. The van der Waals surface area contributed by atoms with Crippen LogP contribution in [0.15, 0.2) is 218 Å². The van der Waals surface area contributed by atoms with Crippen LogP contribution in [0, 0.1) is 0 Å². The van der Waals surface area contributed by atoms with Gasteiger partial charge in [0.05, 0.1) is 0 Å². The second-order valence-corrected chi connectivity index (χ2v) is 14.1. The standard InChI is InChI=1S/C54H36/c1-3-15-37(16-4-1)39-19-11-21-41(33-39)43-23-13-25-45(35-43)47-31-32-48(54-52-30-10-8-28-50(52)49-27-7-9-29-51(49)53(47)54)46-26-14-24-44(36-46)42-22-12-20-40(34-42)38-17-5-2-6-18-38/h1-36H. The van der Waals surface area contributed by atoms with Crippen LogP contribution in [0.3, 0.4) is 0 Å². The molecule has 0 nitrogen and oxygen atoms in total. The van der Waals surface area contributed by atoms with Gasteiger partial charge in [-0.3, -0.25) is 0 Å². The molecule has 0 atom stereocenters. The van der Waals surface area contributed by atoms with Crippen LogP contribution < -0.4 is 0 Å². The summed E-state index contributed by atoms with van der Waals surface area (Å²) in [6.45, 7) is 0. The minimum absolute atomic E-state index is 1.21. The van der Waals surface area contributed by atoms with E-state index in [0.717, 1.165) is 0 Å². The van der Waals surface area contributed by atoms with Crippen LogP contribution in [-0.4, -0.2) is 0 Å². The topological polar surface area (TPSA) is 0 Å². The molecule has 0 saturated heterocycles. The van der Waals surface area contributed by atoms with Crippen molar-refractivity contribution in [3.8, 4) is 66.8 Å². The summed E-state index contributed by atoms with van der Waals surface area (Å²) >= 11 is 0. The van der Waals surface area contributed by atoms with E-state index >= 15 is 0 Å². The van der Waals surface area contributed by atoms with Gasteiger partial charge in [-0.1, -0.05) is 194 Å². The highest BCUT2D eigenvalue weighted by atomic mass is 14.2. The fourth-order valence-electron chi connectivity index (χ4n) is 8.27. The Kier molecular flexibility index (Phi) is 7.93. The molecule has 0 saturated carbocycles. The first-order valence-corrected chi connectivity index (χ1v) is 18.7. The maximum absolute atomic E-state index is 2.36. The molecule has 54 heavy (non-hydrogen) atoms. The summed E-state index contributed by atoms with van der Waals surface area (Å²) in [4.78, 5) is 0. The summed E-state index contributed by atoms with van der Waals surface area (Å²) in [5, 5.41) is 7.66. The molecular formula is C54H36.